The van der Waals surface area contributed by atoms with Crippen LogP contribution in [0.2, 0.25) is 0 Å². The molecule has 0 aromatic rings. The van der Waals surface area contributed by atoms with Gasteiger partial charge in [0.05, 0.1) is 12.7 Å². The summed E-state index contributed by atoms with van der Waals surface area (Å²) in [4.78, 5) is 12.2. The van der Waals surface area contributed by atoms with Gasteiger partial charge < -0.3 is 14.6 Å². The first-order valence-electron chi connectivity index (χ1n) is 12.9. The highest BCUT2D eigenvalue weighted by Gasteiger charge is 2.68. The summed E-state index contributed by atoms with van der Waals surface area (Å²) in [6, 6.07) is 0. The number of carbonyl (C=O) groups excluding carboxylic acids is 1. The standard InChI is InChI=1S/C27H40O4/c1-15-7-10-27(30-14-15)16(2)24-23(31-27)12-20-18-6-5-17-11-21(28)22(29)13-26(17,4)19(18)8-9-25(20,24)3/h11,15-16,18-20,22-24,29H,5-10,12-14H2,1-4H3/t15-,16+,18-,19+,20+,22+,23+,24+,25+,26+,27-/m1/s1. The molecule has 1 spiro atoms. The molecule has 0 aromatic carbocycles. The van der Waals surface area contributed by atoms with Crippen molar-refractivity contribution >= 4 is 5.78 Å². The number of rotatable bonds is 0. The number of allylic oxidation sites excluding steroid dienone is 1. The van der Waals surface area contributed by atoms with E-state index in [4.69, 9.17) is 9.47 Å². The minimum Gasteiger partial charge on any atom is -0.385 e. The van der Waals surface area contributed by atoms with Crippen LogP contribution >= 0.6 is 0 Å². The Bertz CT molecular complexity index is 810. The van der Waals surface area contributed by atoms with Gasteiger partial charge in [-0.3, -0.25) is 4.79 Å². The molecule has 2 aliphatic heterocycles. The summed E-state index contributed by atoms with van der Waals surface area (Å²) in [6.07, 6.45) is 10.1. The van der Waals surface area contributed by atoms with Gasteiger partial charge in [-0.15, -0.1) is 0 Å². The van der Waals surface area contributed by atoms with E-state index in [0.29, 0.717) is 53.4 Å². The zero-order valence-electron chi connectivity index (χ0n) is 19.7. The van der Waals surface area contributed by atoms with E-state index in [1.807, 2.05) is 0 Å². The first kappa shape index (κ1) is 20.9. The molecule has 2 heterocycles. The second-order valence-corrected chi connectivity index (χ2v) is 12.6. The molecule has 0 aromatic heterocycles. The lowest BCUT2D eigenvalue weighted by atomic mass is 9.46. The smallest absolute Gasteiger partial charge is 0.184 e. The van der Waals surface area contributed by atoms with Crippen molar-refractivity contribution in [2.24, 2.45) is 46.3 Å². The molecule has 6 rings (SSSR count). The molecule has 0 amide bonds. The molecule has 31 heavy (non-hydrogen) atoms. The van der Waals surface area contributed by atoms with Crippen molar-refractivity contribution in [2.45, 2.75) is 97.1 Å². The summed E-state index contributed by atoms with van der Waals surface area (Å²) >= 11 is 0. The number of aliphatic hydroxyl groups excluding tert-OH is 1. The molecule has 0 unspecified atom stereocenters. The Morgan fingerprint density at radius 1 is 1.10 bits per heavy atom. The van der Waals surface area contributed by atoms with Crippen LogP contribution in [0.15, 0.2) is 11.6 Å². The van der Waals surface area contributed by atoms with Gasteiger partial charge in [-0.25, -0.2) is 0 Å². The molecular weight excluding hydrogens is 388 g/mol. The Balaban J connectivity index is 1.29. The Labute approximate surface area is 187 Å². The number of hydrogen-bond acceptors (Lipinski definition) is 4. The van der Waals surface area contributed by atoms with E-state index in [0.717, 1.165) is 19.4 Å². The molecular formula is C27H40O4. The fraction of sp³-hybridized carbons (Fsp3) is 0.889. The first-order valence-corrected chi connectivity index (χ1v) is 12.9. The van der Waals surface area contributed by atoms with E-state index in [2.05, 4.69) is 27.7 Å². The van der Waals surface area contributed by atoms with Crippen molar-refractivity contribution in [3.8, 4) is 0 Å². The van der Waals surface area contributed by atoms with E-state index >= 15 is 0 Å². The molecule has 4 aliphatic carbocycles. The highest BCUT2D eigenvalue weighted by molar-refractivity contribution is 5.95. The molecule has 1 N–H and O–H groups in total. The minimum atomic E-state index is -0.808. The summed E-state index contributed by atoms with van der Waals surface area (Å²) in [5, 5.41) is 10.4. The summed E-state index contributed by atoms with van der Waals surface area (Å²) < 4.78 is 13.3. The summed E-state index contributed by atoms with van der Waals surface area (Å²) in [5.74, 6) is 3.25. The van der Waals surface area contributed by atoms with Crippen LogP contribution in [0, 0.1) is 46.3 Å². The third kappa shape index (κ3) is 2.68. The normalized spacial score (nSPS) is 58.4. The molecule has 6 aliphatic rings. The molecule has 0 radical (unpaired) electrons. The van der Waals surface area contributed by atoms with Gasteiger partial charge in [-0.1, -0.05) is 33.3 Å². The van der Waals surface area contributed by atoms with E-state index < -0.39 is 6.10 Å². The van der Waals surface area contributed by atoms with Crippen molar-refractivity contribution < 1.29 is 19.4 Å². The van der Waals surface area contributed by atoms with Crippen molar-refractivity contribution in [1.29, 1.82) is 0 Å². The van der Waals surface area contributed by atoms with Crippen molar-refractivity contribution in [3.05, 3.63) is 11.6 Å². The van der Waals surface area contributed by atoms with Gasteiger partial charge in [0.2, 0.25) is 0 Å². The van der Waals surface area contributed by atoms with Gasteiger partial charge in [0.15, 0.2) is 11.6 Å². The van der Waals surface area contributed by atoms with Crippen LogP contribution in [0.5, 0.6) is 0 Å². The van der Waals surface area contributed by atoms with Crippen LogP contribution < -0.4 is 0 Å². The first-order chi connectivity index (χ1) is 14.7. The van der Waals surface area contributed by atoms with Crippen LogP contribution in [0.25, 0.3) is 0 Å². The van der Waals surface area contributed by atoms with E-state index in [9.17, 15) is 9.90 Å². The average molecular weight is 429 g/mol. The summed E-state index contributed by atoms with van der Waals surface area (Å²) in [6.45, 7) is 10.4. The van der Waals surface area contributed by atoms with Gasteiger partial charge in [-0.2, -0.15) is 0 Å². The SMILES string of the molecule is C[C@@H]1CC[C@@]2(OC1)O[C@H]1C[C@H]3[C@@H]4CCC5=CC(=O)[C@@H](O)C[C@]5(C)[C@H]4CC[C@]3(C)[C@H]1[C@@H]2C. The van der Waals surface area contributed by atoms with E-state index in [1.54, 1.807) is 6.08 Å². The highest BCUT2D eigenvalue weighted by Crippen LogP contribution is 2.70. The zero-order valence-corrected chi connectivity index (χ0v) is 19.7. The predicted octanol–water partition coefficient (Wildman–Crippen LogP) is 4.89. The molecule has 4 heteroatoms. The maximum atomic E-state index is 12.2. The quantitative estimate of drug-likeness (QED) is 0.597. The second kappa shape index (κ2) is 6.67. The lowest BCUT2D eigenvalue weighted by Crippen LogP contribution is -2.53. The Morgan fingerprint density at radius 2 is 1.90 bits per heavy atom. The topological polar surface area (TPSA) is 55.8 Å². The largest absolute Gasteiger partial charge is 0.385 e. The fourth-order valence-corrected chi connectivity index (χ4v) is 9.63. The van der Waals surface area contributed by atoms with Crippen molar-refractivity contribution in [2.75, 3.05) is 6.61 Å². The number of hydrogen-bond donors (Lipinski definition) is 1. The van der Waals surface area contributed by atoms with Gasteiger partial charge in [0.1, 0.15) is 6.10 Å². The van der Waals surface area contributed by atoms with E-state index in [-0.39, 0.29) is 17.0 Å². The highest BCUT2D eigenvalue weighted by atomic mass is 16.7. The predicted molar refractivity (Wildman–Crippen MR) is 118 cm³/mol. The fourth-order valence-electron chi connectivity index (χ4n) is 9.63. The third-order valence-corrected chi connectivity index (χ3v) is 11.3. The Hall–Kier alpha value is -0.710. The molecule has 172 valence electrons. The number of ether oxygens (including phenoxy) is 2. The number of aliphatic hydroxyl groups is 1. The van der Waals surface area contributed by atoms with Gasteiger partial charge in [0.25, 0.3) is 0 Å². The molecule has 0 bridgehead atoms. The second-order valence-electron chi connectivity index (χ2n) is 12.6. The number of carbonyl (C=O) groups is 1. The summed E-state index contributed by atoms with van der Waals surface area (Å²) in [7, 11) is 0. The third-order valence-electron chi connectivity index (χ3n) is 11.3. The zero-order chi connectivity index (χ0) is 21.8. The van der Waals surface area contributed by atoms with Crippen molar-refractivity contribution in [3.63, 3.8) is 0 Å². The lowest BCUT2D eigenvalue weighted by Gasteiger charge is -2.59. The summed E-state index contributed by atoms with van der Waals surface area (Å²) in [5.41, 5.74) is 1.63. The lowest BCUT2D eigenvalue weighted by molar-refractivity contribution is -0.272. The van der Waals surface area contributed by atoms with Crippen LogP contribution in [0.1, 0.15) is 79.1 Å². The van der Waals surface area contributed by atoms with Crippen molar-refractivity contribution in [1.82, 2.24) is 0 Å². The Kier molecular flexibility index (Phi) is 4.49. The van der Waals surface area contributed by atoms with Crippen LogP contribution in [0.4, 0.5) is 0 Å². The minimum absolute atomic E-state index is 0.00834. The van der Waals surface area contributed by atoms with Gasteiger partial charge in [0, 0.05) is 12.3 Å². The monoisotopic (exact) mass is 428 g/mol. The molecule has 4 nitrogen and oxygen atoms in total. The van der Waals surface area contributed by atoms with E-state index in [1.165, 1.54) is 37.7 Å². The van der Waals surface area contributed by atoms with Gasteiger partial charge in [-0.05, 0) is 91.4 Å². The number of ketones is 1. The van der Waals surface area contributed by atoms with Crippen LogP contribution in [-0.2, 0) is 14.3 Å². The molecule has 2 saturated heterocycles. The molecule has 3 saturated carbocycles. The van der Waals surface area contributed by atoms with Crippen LogP contribution in [0.3, 0.4) is 0 Å². The van der Waals surface area contributed by atoms with Gasteiger partial charge >= 0.3 is 0 Å². The Morgan fingerprint density at radius 3 is 2.65 bits per heavy atom. The number of fused-ring (bicyclic) bond motifs is 7. The molecule has 5 fully saturated rings. The average Bonchev–Trinajstić information content (AvgIpc) is 3.16. The maximum absolute atomic E-state index is 12.2. The van der Waals surface area contributed by atoms with Crippen LogP contribution in [-0.4, -0.2) is 35.5 Å². The molecule has 11 atom stereocenters. The maximum Gasteiger partial charge on any atom is 0.184 e.